The van der Waals surface area contributed by atoms with E-state index in [1.165, 1.54) is 11.8 Å². The van der Waals surface area contributed by atoms with Crippen LogP contribution < -0.4 is 0 Å². The van der Waals surface area contributed by atoms with E-state index in [1.807, 2.05) is 135 Å². The van der Waals surface area contributed by atoms with Crippen molar-refractivity contribution in [3.8, 4) is 5.75 Å². The number of benzene rings is 5. The molecule has 0 amide bonds. The normalized spacial score (nSPS) is 20.4. The number of carbonyl (C=O) groups is 1. The Bertz CT molecular complexity index is 1870. The summed E-state index contributed by atoms with van der Waals surface area (Å²) in [5.74, 6) is 0.0862. The molecule has 0 aromatic heterocycles. The van der Waals surface area contributed by atoms with E-state index < -0.39 is 29.7 Å². The van der Waals surface area contributed by atoms with Gasteiger partial charge >= 0.3 is 0 Å². The van der Waals surface area contributed by atoms with E-state index in [4.69, 9.17) is 18.9 Å². The number of Topliss-reactive ketones (excluding diaryl/α,β-unsaturated/α-hetero) is 1. The number of fused-ring (bicyclic) bond motifs is 1. The third-order valence-electron chi connectivity index (χ3n) is 8.86. The first-order valence-corrected chi connectivity index (χ1v) is 17.9. The molecule has 0 radical (unpaired) electrons. The first-order valence-electron chi connectivity index (χ1n) is 17.0. The number of ketones is 1. The summed E-state index contributed by atoms with van der Waals surface area (Å²) in [6.07, 6.45) is -2.40. The van der Waals surface area contributed by atoms with Gasteiger partial charge in [-0.25, -0.2) is 0 Å². The summed E-state index contributed by atoms with van der Waals surface area (Å²) in [4.78, 5) is 13.8. The highest BCUT2D eigenvalue weighted by atomic mass is 32.2. The number of phenols is 1. The molecule has 0 aliphatic carbocycles. The van der Waals surface area contributed by atoms with Crippen molar-refractivity contribution in [3.63, 3.8) is 0 Å². The molecule has 50 heavy (non-hydrogen) atoms. The van der Waals surface area contributed by atoms with Crippen LogP contribution in [0.3, 0.4) is 0 Å². The molecule has 0 spiro atoms. The maximum atomic E-state index is 13.1. The molecule has 1 aliphatic heterocycles. The first kappa shape index (κ1) is 35.6. The van der Waals surface area contributed by atoms with E-state index in [1.54, 1.807) is 13.0 Å². The van der Waals surface area contributed by atoms with E-state index in [0.29, 0.717) is 30.3 Å². The quantitative estimate of drug-likeness (QED) is 0.117. The van der Waals surface area contributed by atoms with Crippen LogP contribution >= 0.6 is 11.8 Å². The van der Waals surface area contributed by atoms with Gasteiger partial charge in [-0.1, -0.05) is 127 Å². The van der Waals surface area contributed by atoms with Crippen LogP contribution in [0.5, 0.6) is 5.75 Å². The molecule has 6 rings (SSSR count). The number of phenolic OH excluding ortho intramolecular Hbond substituents is 1. The monoisotopic (exact) mass is 688 g/mol. The molecule has 1 aliphatic rings. The average Bonchev–Trinajstić information content (AvgIpc) is 3.13. The molecule has 5 atom stereocenters. The Hall–Kier alpha value is -4.24. The van der Waals surface area contributed by atoms with Crippen molar-refractivity contribution in [3.05, 3.63) is 160 Å². The fourth-order valence-corrected chi connectivity index (χ4v) is 7.84. The highest BCUT2D eigenvalue weighted by Gasteiger charge is 2.50. The van der Waals surface area contributed by atoms with E-state index >= 15 is 0 Å². The van der Waals surface area contributed by atoms with E-state index in [-0.39, 0.29) is 18.1 Å². The van der Waals surface area contributed by atoms with Crippen molar-refractivity contribution in [2.75, 3.05) is 6.61 Å². The van der Waals surface area contributed by atoms with Gasteiger partial charge in [0.2, 0.25) is 0 Å². The highest BCUT2D eigenvalue weighted by Crippen LogP contribution is 2.49. The molecule has 5 aromatic carbocycles. The van der Waals surface area contributed by atoms with Crippen LogP contribution in [0.2, 0.25) is 0 Å². The van der Waals surface area contributed by atoms with Crippen molar-refractivity contribution in [1.82, 2.24) is 0 Å². The molecule has 0 unspecified atom stereocenters. The number of allylic oxidation sites excluding steroid dienone is 2. The maximum absolute atomic E-state index is 13.1. The van der Waals surface area contributed by atoms with Gasteiger partial charge in [-0.15, -0.1) is 11.8 Å². The topological polar surface area (TPSA) is 74.2 Å². The zero-order valence-corrected chi connectivity index (χ0v) is 29.6. The van der Waals surface area contributed by atoms with Gasteiger partial charge in [0.05, 0.1) is 31.7 Å². The van der Waals surface area contributed by atoms with Crippen LogP contribution in [0.4, 0.5) is 0 Å². The van der Waals surface area contributed by atoms with E-state index in [0.717, 1.165) is 33.0 Å². The van der Waals surface area contributed by atoms with E-state index in [2.05, 4.69) is 0 Å². The Labute approximate surface area is 299 Å². The lowest BCUT2D eigenvalue weighted by molar-refractivity contribution is -0.218. The fourth-order valence-electron chi connectivity index (χ4n) is 6.47. The number of ether oxygens (including phenoxy) is 4. The molecule has 5 aromatic rings. The van der Waals surface area contributed by atoms with Crippen LogP contribution in [0.15, 0.2) is 138 Å². The third kappa shape index (κ3) is 8.73. The molecule has 6 nitrogen and oxygen atoms in total. The first-order chi connectivity index (χ1) is 24.4. The SMILES string of the molecule is CC(=O)C(S[C@@H]1[C@@H](OCc2ccccc2)[C@H](OCc2ccccc2)[C@@H](COCc2ccccc2)O[C@H]1c1c(O)ccc2ccccc12)=C(C)C. The molecular formula is C43H44O6S. The predicted octanol–water partition coefficient (Wildman–Crippen LogP) is 9.36. The Morgan fingerprint density at radius 1 is 0.680 bits per heavy atom. The third-order valence-corrected chi connectivity index (χ3v) is 10.6. The molecule has 1 N–H and O–H groups in total. The standard InChI is InChI=1S/C43H44O6S/c1-29(2)42(30(3)44)50-43-40(38-35-22-14-13-21-34(35)23-24-36(38)45)49-37(28-46-25-31-15-7-4-8-16-31)39(47-26-32-17-9-5-10-18-32)41(43)48-27-33-19-11-6-12-20-33/h4-24,37,39-41,43,45H,25-28H2,1-3H3/t37-,39-,40+,41+,43+/m1/s1. The Morgan fingerprint density at radius 2 is 1.22 bits per heavy atom. The summed E-state index contributed by atoms with van der Waals surface area (Å²) in [7, 11) is 0. The van der Waals surface area contributed by atoms with Crippen LogP contribution in [0, 0.1) is 0 Å². The van der Waals surface area contributed by atoms with Gasteiger partial charge in [-0.2, -0.15) is 0 Å². The maximum Gasteiger partial charge on any atom is 0.166 e. The Balaban J connectivity index is 1.46. The van der Waals surface area contributed by atoms with E-state index in [9.17, 15) is 9.90 Å². The van der Waals surface area contributed by atoms with Gasteiger partial charge in [0.25, 0.3) is 0 Å². The minimum absolute atomic E-state index is 0.0345. The van der Waals surface area contributed by atoms with Gasteiger partial charge in [0.1, 0.15) is 30.2 Å². The van der Waals surface area contributed by atoms with Crippen molar-refractivity contribution in [1.29, 1.82) is 0 Å². The average molecular weight is 689 g/mol. The van der Waals surface area contributed by atoms with Crippen molar-refractivity contribution in [2.45, 2.75) is 70.3 Å². The molecule has 0 bridgehead atoms. The highest BCUT2D eigenvalue weighted by molar-refractivity contribution is 8.04. The largest absolute Gasteiger partial charge is 0.508 e. The summed E-state index contributed by atoms with van der Waals surface area (Å²) in [6, 6.07) is 41.7. The molecule has 7 heteroatoms. The number of carbonyl (C=O) groups excluding carboxylic acids is 1. The molecular weight excluding hydrogens is 645 g/mol. The lowest BCUT2D eigenvalue weighted by atomic mass is 9.89. The number of aromatic hydroxyl groups is 1. The van der Waals surface area contributed by atoms with Crippen LogP contribution in [-0.4, -0.2) is 41.1 Å². The van der Waals surface area contributed by atoms with Crippen LogP contribution in [0.25, 0.3) is 10.8 Å². The summed E-state index contributed by atoms with van der Waals surface area (Å²) in [5, 5.41) is 13.0. The second kappa shape index (κ2) is 17.1. The number of hydrogen-bond acceptors (Lipinski definition) is 7. The molecule has 258 valence electrons. The molecule has 1 saturated heterocycles. The lowest BCUT2D eigenvalue weighted by Gasteiger charge is -2.47. The summed E-state index contributed by atoms with van der Waals surface area (Å²) in [5.41, 5.74) is 4.64. The summed E-state index contributed by atoms with van der Waals surface area (Å²) < 4.78 is 27.2. The molecule has 1 fully saturated rings. The lowest BCUT2D eigenvalue weighted by Crippen LogP contribution is -2.56. The number of rotatable bonds is 14. The predicted molar refractivity (Wildman–Crippen MR) is 200 cm³/mol. The number of hydrogen-bond donors (Lipinski definition) is 1. The van der Waals surface area contributed by atoms with Gasteiger partial charge in [0, 0.05) is 10.5 Å². The van der Waals surface area contributed by atoms with Crippen molar-refractivity contribution in [2.24, 2.45) is 0 Å². The zero-order chi connectivity index (χ0) is 34.9. The fraction of sp³-hybridized carbons (Fsp3) is 0.279. The molecule has 0 saturated carbocycles. The van der Waals surface area contributed by atoms with Gasteiger partial charge in [-0.05, 0) is 54.3 Å². The zero-order valence-electron chi connectivity index (χ0n) is 28.7. The van der Waals surface area contributed by atoms with Gasteiger partial charge in [-0.3, -0.25) is 4.79 Å². The second-order valence-electron chi connectivity index (χ2n) is 12.8. The van der Waals surface area contributed by atoms with Crippen LogP contribution in [0.1, 0.15) is 49.1 Å². The smallest absolute Gasteiger partial charge is 0.166 e. The van der Waals surface area contributed by atoms with Crippen LogP contribution in [-0.2, 0) is 43.6 Å². The minimum atomic E-state index is -0.678. The summed E-state index contributed by atoms with van der Waals surface area (Å²) >= 11 is 1.44. The second-order valence-corrected chi connectivity index (χ2v) is 14.0. The molecule has 1 heterocycles. The van der Waals surface area contributed by atoms with Gasteiger partial charge < -0.3 is 24.1 Å². The Kier molecular flexibility index (Phi) is 12.2. The Morgan fingerprint density at radius 3 is 1.80 bits per heavy atom. The van der Waals surface area contributed by atoms with Crippen molar-refractivity contribution < 1.29 is 28.8 Å². The van der Waals surface area contributed by atoms with Crippen molar-refractivity contribution >= 4 is 28.3 Å². The van der Waals surface area contributed by atoms with Gasteiger partial charge in [0.15, 0.2) is 5.78 Å². The number of thioether (sulfide) groups is 1. The minimum Gasteiger partial charge on any atom is -0.508 e. The summed E-state index contributed by atoms with van der Waals surface area (Å²) in [6.45, 7) is 6.76.